The summed E-state index contributed by atoms with van der Waals surface area (Å²) in [4.78, 5) is 17.8. The van der Waals surface area contributed by atoms with E-state index in [1.54, 1.807) is 19.2 Å². The molecule has 0 aliphatic carbocycles. The number of anilines is 1. The molecule has 1 heterocycles. The minimum absolute atomic E-state index is 0.0356. The topological polar surface area (TPSA) is 32.8 Å². The predicted octanol–water partition coefficient (Wildman–Crippen LogP) is 5.45. The molecule has 4 rings (SSSR count). The minimum Gasteiger partial charge on any atom is -0.497 e. The molecule has 0 radical (unpaired) electrons. The maximum Gasteiger partial charge on any atom is 0.258 e. The number of aryl methyl sites for hydroxylation is 1. The molecule has 0 aromatic heterocycles. The Hall–Kier alpha value is -3.18. The minimum atomic E-state index is -0.301. The van der Waals surface area contributed by atoms with Crippen molar-refractivity contribution in [2.24, 2.45) is 0 Å². The highest BCUT2D eigenvalue weighted by Crippen LogP contribution is 2.27. The fraction of sp³-hybridized carbons (Fsp3) is 0.296. The van der Waals surface area contributed by atoms with Gasteiger partial charge in [0.1, 0.15) is 11.6 Å². The van der Waals surface area contributed by atoms with Gasteiger partial charge in [0.15, 0.2) is 0 Å². The number of halogens is 1. The van der Waals surface area contributed by atoms with Gasteiger partial charge in [0.2, 0.25) is 0 Å². The van der Waals surface area contributed by atoms with Gasteiger partial charge in [-0.25, -0.2) is 4.39 Å². The molecule has 0 N–H and O–H groups in total. The molecule has 1 fully saturated rings. The van der Waals surface area contributed by atoms with Crippen LogP contribution in [0.15, 0.2) is 72.8 Å². The summed E-state index contributed by atoms with van der Waals surface area (Å²) in [5.74, 6) is 0.528. The molecule has 1 aliphatic rings. The molecule has 0 bridgehead atoms. The highest BCUT2D eigenvalue weighted by atomic mass is 19.1. The van der Waals surface area contributed by atoms with Crippen molar-refractivity contribution in [3.05, 3.63) is 95.3 Å². The second-order valence-electron chi connectivity index (χ2n) is 8.38. The Morgan fingerprint density at radius 3 is 2.44 bits per heavy atom. The van der Waals surface area contributed by atoms with Crippen LogP contribution in [0.1, 0.15) is 34.3 Å². The summed E-state index contributed by atoms with van der Waals surface area (Å²) in [6, 6.07) is 22.1. The number of carbonyl (C=O) groups excluding carboxylic acids is 1. The van der Waals surface area contributed by atoms with Crippen molar-refractivity contribution in [1.29, 1.82) is 0 Å². The standard InChI is InChI=1S/C27H29FN2O2/c1-20-5-3-7-22(17-20)27(31)30(24-11-9-23(28)10-12-24)25-13-15-29(16-14-25)19-21-6-4-8-26(18-21)32-2/h3-12,17-18,25H,13-16,19H2,1-2H3. The van der Waals surface area contributed by atoms with Crippen LogP contribution in [-0.2, 0) is 6.54 Å². The quantitative estimate of drug-likeness (QED) is 0.519. The SMILES string of the molecule is COc1cccc(CN2CCC(N(C(=O)c3cccc(C)c3)c3ccc(F)cc3)CC2)c1. The zero-order valence-electron chi connectivity index (χ0n) is 18.6. The highest BCUT2D eigenvalue weighted by molar-refractivity contribution is 6.06. The van der Waals surface area contributed by atoms with Crippen LogP contribution < -0.4 is 9.64 Å². The van der Waals surface area contributed by atoms with Crippen LogP contribution in [0.4, 0.5) is 10.1 Å². The van der Waals surface area contributed by atoms with Crippen LogP contribution in [0, 0.1) is 12.7 Å². The first-order chi connectivity index (χ1) is 15.5. The number of rotatable bonds is 6. The molecule has 3 aromatic carbocycles. The van der Waals surface area contributed by atoms with Gasteiger partial charge in [-0.3, -0.25) is 9.69 Å². The summed E-state index contributed by atoms with van der Waals surface area (Å²) >= 11 is 0. The number of piperidine rings is 1. The Bertz CT molecular complexity index is 1060. The van der Waals surface area contributed by atoms with E-state index in [1.807, 2.05) is 48.2 Å². The summed E-state index contributed by atoms with van der Waals surface area (Å²) in [5, 5.41) is 0. The maximum atomic E-state index is 13.6. The summed E-state index contributed by atoms with van der Waals surface area (Å²) in [6.45, 7) is 4.61. The zero-order chi connectivity index (χ0) is 22.5. The molecule has 1 aliphatic heterocycles. The van der Waals surface area contributed by atoms with E-state index < -0.39 is 0 Å². The maximum absolute atomic E-state index is 13.6. The lowest BCUT2D eigenvalue weighted by molar-refractivity contribution is 0.0958. The summed E-state index contributed by atoms with van der Waals surface area (Å²) in [7, 11) is 1.68. The van der Waals surface area contributed by atoms with Crippen molar-refractivity contribution >= 4 is 11.6 Å². The number of hydrogen-bond acceptors (Lipinski definition) is 3. The largest absolute Gasteiger partial charge is 0.497 e. The summed E-state index contributed by atoms with van der Waals surface area (Å²) in [6.07, 6.45) is 1.72. The Labute approximate surface area is 189 Å². The van der Waals surface area contributed by atoms with Gasteiger partial charge in [-0.15, -0.1) is 0 Å². The molecule has 3 aromatic rings. The number of hydrogen-bond donors (Lipinski definition) is 0. The second-order valence-corrected chi connectivity index (χ2v) is 8.38. The van der Waals surface area contributed by atoms with Gasteiger partial charge >= 0.3 is 0 Å². The van der Waals surface area contributed by atoms with Crippen LogP contribution in [0.25, 0.3) is 0 Å². The number of amides is 1. The normalized spacial score (nSPS) is 14.8. The van der Waals surface area contributed by atoms with Crippen molar-refractivity contribution in [2.75, 3.05) is 25.1 Å². The van der Waals surface area contributed by atoms with Crippen molar-refractivity contribution in [3.63, 3.8) is 0 Å². The molecule has 1 saturated heterocycles. The van der Waals surface area contributed by atoms with Crippen LogP contribution in [0.5, 0.6) is 5.75 Å². The number of nitrogens with zero attached hydrogens (tertiary/aromatic N) is 2. The van der Waals surface area contributed by atoms with Crippen LogP contribution >= 0.6 is 0 Å². The second kappa shape index (κ2) is 9.96. The van der Waals surface area contributed by atoms with Crippen molar-refractivity contribution in [2.45, 2.75) is 32.4 Å². The molecule has 0 spiro atoms. The Morgan fingerprint density at radius 2 is 1.75 bits per heavy atom. The van der Waals surface area contributed by atoms with Gasteiger partial charge < -0.3 is 9.64 Å². The molecule has 0 saturated carbocycles. The van der Waals surface area contributed by atoms with Crippen molar-refractivity contribution in [3.8, 4) is 5.75 Å². The molecule has 5 heteroatoms. The predicted molar refractivity (Wildman–Crippen MR) is 126 cm³/mol. The molecular weight excluding hydrogens is 403 g/mol. The van der Waals surface area contributed by atoms with E-state index in [0.717, 1.165) is 49.5 Å². The molecule has 166 valence electrons. The number of benzene rings is 3. The van der Waals surface area contributed by atoms with Gasteiger partial charge in [-0.1, -0.05) is 29.8 Å². The lowest BCUT2D eigenvalue weighted by atomic mass is 9.99. The third-order valence-electron chi connectivity index (χ3n) is 6.05. The molecule has 4 nitrogen and oxygen atoms in total. The van der Waals surface area contributed by atoms with E-state index in [9.17, 15) is 9.18 Å². The fourth-order valence-corrected chi connectivity index (χ4v) is 4.38. The molecular formula is C27H29FN2O2. The lowest BCUT2D eigenvalue weighted by Crippen LogP contribution is -2.47. The smallest absolute Gasteiger partial charge is 0.258 e. The van der Waals surface area contributed by atoms with Gasteiger partial charge in [-0.05, 0) is 73.9 Å². The number of methoxy groups -OCH3 is 1. The molecule has 32 heavy (non-hydrogen) atoms. The number of likely N-dealkylation sites (tertiary alicyclic amines) is 1. The number of carbonyl (C=O) groups is 1. The third kappa shape index (κ3) is 5.17. The van der Waals surface area contributed by atoms with Gasteiger partial charge in [0.25, 0.3) is 5.91 Å². The summed E-state index contributed by atoms with van der Waals surface area (Å²) in [5.41, 5.74) is 3.66. The third-order valence-corrected chi connectivity index (χ3v) is 6.05. The molecule has 0 atom stereocenters. The monoisotopic (exact) mass is 432 g/mol. The van der Waals surface area contributed by atoms with Crippen molar-refractivity contribution in [1.82, 2.24) is 4.90 Å². The molecule has 1 amide bonds. The van der Waals surface area contributed by atoms with Crippen LogP contribution in [0.2, 0.25) is 0 Å². The average Bonchev–Trinajstić information content (AvgIpc) is 2.81. The van der Waals surface area contributed by atoms with Gasteiger partial charge in [0, 0.05) is 36.9 Å². The Morgan fingerprint density at radius 1 is 1.03 bits per heavy atom. The van der Waals surface area contributed by atoms with E-state index in [0.29, 0.717) is 5.56 Å². The van der Waals surface area contributed by atoms with Gasteiger partial charge in [0.05, 0.1) is 7.11 Å². The first-order valence-electron chi connectivity index (χ1n) is 11.0. The zero-order valence-corrected chi connectivity index (χ0v) is 18.6. The summed E-state index contributed by atoms with van der Waals surface area (Å²) < 4.78 is 18.9. The first-order valence-corrected chi connectivity index (χ1v) is 11.0. The van der Waals surface area contributed by atoms with Crippen LogP contribution in [0.3, 0.4) is 0 Å². The van der Waals surface area contributed by atoms with E-state index in [-0.39, 0.29) is 17.8 Å². The van der Waals surface area contributed by atoms with E-state index in [2.05, 4.69) is 17.0 Å². The lowest BCUT2D eigenvalue weighted by Gasteiger charge is -2.38. The molecule has 0 unspecified atom stereocenters. The van der Waals surface area contributed by atoms with Gasteiger partial charge in [-0.2, -0.15) is 0 Å². The van der Waals surface area contributed by atoms with Crippen molar-refractivity contribution < 1.29 is 13.9 Å². The number of ether oxygens (including phenoxy) is 1. The average molecular weight is 433 g/mol. The van der Waals surface area contributed by atoms with Crippen LogP contribution in [-0.4, -0.2) is 37.0 Å². The van der Waals surface area contributed by atoms with E-state index in [1.165, 1.54) is 17.7 Å². The Balaban J connectivity index is 1.51. The Kier molecular flexibility index (Phi) is 6.86. The first kappa shape index (κ1) is 22.0. The van der Waals surface area contributed by atoms with E-state index in [4.69, 9.17) is 4.74 Å². The highest BCUT2D eigenvalue weighted by Gasteiger charge is 2.30. The fourth-order valence-electron chi connectivity index (χ4n) is 4.38. The van der Waals surface area contributed by atoms with E-state index >= 15 is 0 Å².